The number of benzene rings is 1. The van der Waals surface area contributed by atoms with E-state index in [0.717, 1.165) is 5.92 Å². The maximum absolute atomic E-state index is 2.36. The summed E-state index contributed by atoms with van der Waals surface area (Å²) in [5.74, 6) is 0.757. The maximum atomic E-state index is 2.36. The summed E-state index contributed by atoms with van der Waals surface area (Å²) in [6, 6.07) is 10.9. The van der Waals surface area contributed by atoms with Crippen LogP contribution >= 0.6 is 0 Å². The molecule has 1 aliphatic carbocycles. The van der Waals surface area contributed by atoms with Gasteiger partial charge in [0.1, 0.15) is 0 Å². The fourth-order valence-corrected chi connectivity index (χ4v) is 2.18. The molecule has 0 nitrogen and oxygen atoms in total. The number of hydrogen-bond acceptors (Lipinski definition) is 0. The predicted molar refractivity (Wildman–Crippen MR) is 61.4 cm³/mol. The van der Waals surface area contributed by atoms with Crippen molar-refractivity contribution in [1.82, 2.24) is 0 Å². The van der Waals surface area contributed by atoms with Crippen molar-refractivity contribution in [1.29, 1.82) is 0 Å². The van der Waals surface area contributed by atoms with Gasteiger partial charge in [-0.2, -0.15) is 0 Å². The molecule has 0 radical (unpaired) electrons. The molecule has 0 N–H and O–H groups in total. The summed E-state index contributed by atoms with van der Waals surface area (Å²) in [4.78, 5) is 0. The quantitative estimate of drug-likeness (QED) is 0.574. The molecule has 14 heavy (non-hydrogen) atoms. The van der Waals surface area contributed by atoms with Crippen LogP contribution in [0.5, 0.6) is 0 Å². The van der Waals surface area contributed by atoms with Gasteiger partial charge < -0.3 is 0 Å². The third-order valence-electron chi connectivity index (χ3n) is 3.03. The first-order chi connectivity index (χ1) is 6.97. The van der Waals surface area contributed by atoms with E-state index in [-0.39, 0.29) is 0 Å². The second kappa shape index (κ2) is 4.99. The average Bonchev–Trinajstić information content (AvgIpc) is 2.18. The minimum absolute atomic E-state index is 0.757. The monoisotopic (exact) mass is 186 g/mol. The molecule has 1 aliphatic rings. The second-order valence-electron chi connectivity index (χ2n) is 4.10. The predicted octanol–water partition coefficient (Wildman–Crippen LogP) is 4.29. The molecule has 0 aromatic heterocycles. The Morgan fingerprint density at radius 2 is 1.79 bits per heavy atom. The van der Waals surface area contributed by atoms with Gasteiger partial charge in [0.2, 0.25) is 0 Å². The summed E-state index contributed by atoms with van der Waals surface area (Å²) in [5.41, 5.74) is 1.51. The molecule has 74 valence electrons. The lowest BCUT2D eigenvalue weighted by atomic mass is 9.89. The van der Waals surface area contributed by atoms with Crippen LogP contribution in [0.3, 0.4) is 0 Å². The van der Waals surface area contributed by atoms with Crippen LogP contribution < -0.4 is 0 Å². The SMILES string of the molecule is C1=CCC(c2ccccc2)CCCC1. The Morgan fingerprint density at radius 1 is 0.929 bits per heavy atom. The van der Waals surface area contributed by atoms with E-state index < -0.39 is 0 Å². The molecule has 0 fully saturated rings. The third kappa shape index (κ3) is 2.47. The van der Waals surface area contributed by atoms with Crippen LogP contribution in [0.1, 0.15) is 43.6 Å². The second-order valence-corrected chi connectivity index (χ2v) is 4.10. The van der Waals surface area contributed by atoms with Gasteiger partial charge in [0, 0.05) is 0 Å². The van der Waals surface area contributed by atoms with Gasteiger partial charge >= 0.3 is 0 Å². The smallest absolute Gasteiger partial charge is 0.0127 e. The largest absolute Gasteiger partial charge is 0.0885 e. The Labute approximate surface area is 86.7 Å². The Morgan fingerprint density at radius 3 is 2.64 bits per heavy atom. The van der Waals surface area contributed by atoms with Crippen LogP contribution in [0.25, 0.3) is 0 Å². The molecule has 1 unspecified atom stereocenters. The molecule has 1 aromatic carbocycles. The number of rotatable bonds is 1. The summed E-state index contributed by atoms with van der Waals surface area (Å²) < 4.78 is 0. The van der Waals surface area contributed by atoms with Crippen molar-refractivity contribution < 1.29 is 0 Å². The lowest BCUT2D eigenvalue weighted by molar-refractivity contribution is 0.566. The average molecular weight is 186 g/mol. The van der Waals surface area contributed by atoms with Crippen LogP contribution in [-0.2, 0) is 0 Å². The number of allylic oxidation sites excluding steroid dienone is 2. The highest BCUT2D eigenvalue weighted by Gasteiger charge is 2.10. The molecular weight excluding hydrogens is 168 g/mol. The molecule has 2 rings (SSSR count). The van der Waals surface area contributed by atoms with Crippen LogP contribution in [0.4, 0.5) is 0 Å². The Balaban J connectivity index is 2.08. The third-order valence-corrected chi connectivity index (χ3v) is 3.03. The van der Waals surface area contributed by atoms with Gasteiger partial charge in [-0.3, -0.25) is 0 Å². The van der Waals surface area contributed by atoms with Gasteiger partial charge in [0.15, 0.2) is 0 Å². The Bertz CT molecular complexity index is 284. The zero-order chi connectivity index (χ0) is 9.64. The maximum Gasteiger partial charge on any atom is -0.0127 e. The van der Waals surface area contributed by atoms with E-state index in [0.29, 0.717) is 0 Å². The van der Waals surface area contributed by atoms with Gasteiger partial charge in [-0.1, -0.05) is 48.9 Å². The standard InChI is InChI=1S/C14H18/c1-2-5-9-13(10-6-3-1)14-11-7-4-8-12-14/h2,4-5,7-8,11-13H,1,3,6,9-10H2. The molecule has 0 bridgehead atoms. The van der Waals surface area contributed by atoms with Crippen molar-refractivity contribution in [2.75, 3.05) is 0 Å². The van der Waals surface area contributed by atoms with E-state index >= 15 is 0 Å². The van der Waals surface area contributed by atoms with E-state index in [1.807, 2.05) is 0 Å². The summed E-state index contributed by atoms with van der Waals surface area (Å²) in [6.45, 7) is 0. The molecule has 0 saturated heterocycles. The number of hydrogen-bond donors (Lipinski definition) is 0. The molecule has 1 aromatic rings. The summed E-state index contributed by atoms with van der Waals surface area (Å²) in [5, 5.41) is 0. The first kappa shape index (κ1) is 9.51. The normalized spacial score (nSPS) is 22.7. The molecule has 0 heterocycles. The molecule has 1 atom stereocenters. The van der Waals surface area contributed by atoms with Crippen molar-refractivity contribution in [3.63, 3.8) is 0 Å². The van der Waals surface area contributed by atoms with Crippen molar-refractivity contribution in [2.24, 2.45) is 0 Å². The van der Waals surface area contributed by atoms with Gasteiger partial charge in [0.05, 0.1) is 0 Å². The van der Waals surface area contributed by atoms with E-state index in [9.17, 15) is 0 Å². The minimum Gasteiger partial charge on any atom is -0.0885 e. The van der Waals surface area contributed by atoms with Crippen molar-refractivity contribution in [3.8, 4) is 0 Å². The lowest BCUT2D eigenvalue weighted by Gasteiger charge is -2.17. The van der Waals surface area contributed by atoms with Crippen LogP contribution in [0.15, 0.2) is 42.5 Å². The fraction of sp³-hybridized carbons (Fsp3) is 0.429. The topological polar surface area (TPSA) is 0 Å². The summed E-state index contributed by atoms with van der Waals surface area (Å²) in [6.07, 6.45) is 11.3. The fourth-order valence-electron chi connectivity index (χ4n) is 2.18. The molecule has 0 saturated carbocycles. The molecule has 0 aliphatic heterocycles. The first-order valence-electron chi connectivity index (χ1n) is 5.67. The highest BCUT2D eigenvalue weighted by atomic mass is 14.1. The van der Waals surface area contributed by atoms with Crippen molar-refractivity contribution in [2.45, 2.75) is 38.0 Å². The molecule has 0 amide bonds. The van der Waals surface area contributed by atoms with Crippen LogP contribution in [0, 0.1) is 0 Å². The zero-order valence-corrected chi connectivity index (χ0v) is 8.65. The zero-order valence-electron chi connectivity index (χ0n) is 8.65. The van der Waals surface area contributed by atoms with E-state index in [1.165, 1.54) is 37.7 Å². The molecular formula is C14H18. The van der Waals surface area contributed by atoms with E-state index in [1.54, 1.807) is 0 Å². The summed E-state index contributed by atoms with van der Waals surface area (Å²) in [7, 11) is 0. The first-order valence-corrected chi connectivity index (χ1v) is 5.67. The van der Waals surface area contributed by atoms with Gasteiger partial charge in [-0.25, -0.2) is 0 Å². The van der Waals surface area contributed by atoms with Crippen molar-refractivity contribution >= 4 is 0 Å². The molecule has 0 heteroatoms. The van der Waals surface area contributed by atoms with Gasteiger partial charge in [0.25, 0.3) is 0 Å². The van der Waals surface area contributed by atoms with E-state index in [2.05, 4.69) is 42.5 Å². The highest BCUT2D eigenvalue weighted by molar-refractivity contribution is 5.20. The minimum atomic E-state index is 0.757. The van der Waals surface area contributed by atoms with Gasteiger partial charge in [-0.15, -0.1) is 0 Å². The Kier molecular flexibility index (Phi) is 3.39. The highest BCUT2D eigenvalue weighted by Crippen LogP contribution is 2.27. The van der Waals surface area contributed by atoms with Crippen molar-refractivity contribution in [3.05, 3.63) is 48.0 Å². The van der Waals surface area contributed by atoms with Crippen LogP contribution in [0.2, 0.25) is 0 Å². The molecule has 0 spiro atoms. The van der Waals surface area contributed by atoms with Crippen LogP contribution in [-0.4, -0.2) is 0 Å². The van der Waals surface area contributed by atoms with E-state index in [4.69, 9.17) is 0 Å². The van der Waals surface area contributed by atoms with Gasteiger partial charge in [-0.05, 0) is 37.2 Å². The summed E-state index contributed by atoms with van der Waals surface area (Å²) >= 11 is 0. The lowest BCUT2D eigenvalue weighted by Crippen LogP contribution is -1.99. The Hall–Kier alpha value is -1.04.